The van der Waals surface area contributed by atoms with E-state index < -0.39 is 35.7 Å². The molecule has 2 amide bonds. The summed E-state index contributed by atoms with van der Waals surface area (Å²) in [5.41, 5.74) is -0.714. The number of carboxylic acid groups (broad SMARTS) is 1. The predicted octanol–water partition coefficient (Wildman–Crippen LogP) is 2.64. The fourth-order valence-corrected chi connectivity index (χ4v) is 3.24. The van der Waals surface area contributed by atoms with Crippen LogP contribution in [0.2, 0.25) is 0 Å². The van der Waals surface area contributed by atoms with Crippen LogP contribution in [0.15, 0.2) is 0 Å². The van der Waals surface area contributed by atoms with Gasteiger partial charge in [-0.1, -0.05) is 20.3 Å². The van der Waals surface area contributed by atoms with Gasteiger partial charge in [0.2, 0.25) is 5.91 Å². The molecule has 160 valence electrons. The fourth-order valence-electron chi connectivity index (χ4n) is 3.24. The molecule has 3 N–H and O–H groups in total. The molecule has 0 bridgehead atoms. The van der Waals surface area contributed by atoms with Gasteiger partial charge in [0.05, 0.1) is 0 Å². The number of ether oxygens (including phenoxy) is 1. The number of nitrogens with one attached hydrogen (secondary N) is 2. The molecule has 0 aliphatic heterocycles. The standard InChI is InChI=1S/C20H34N2O6/c1-12(2)10-14(22-19(27)28-20(3,4)5)17(24)21-15(18(25)26)11-13-8-6-7-9-16(13)23/h12-15H,6-11H2,1-5H3,(H,21,24)(H,22,27)(H,25,26)/t13-,14-,15-/m0/s1. The van der Waals surface area contributed by atoms with Crippen LogP contribution in [0, 0.1) is 11.8 Å². The van der Waals surface area contributed by atoms with Crippen molar-refractivity contribution in [3.05, 3.63) is 0 Å². The van der Waals surface area contributed by atoms with Crippen molar-refractivity contribution in [2.24, 2.45) is 11.8 Å². The minimum Gasteiger partial charge on any atom is -0.480 e. The number of hydrogen-bond acceptors (Lipinski definition) is 5. The number of Topliss-reactive ketones (excluding diaryl/α,β-unsaturated/α-hetero) is 1. The Labute approximate surface area is 166 Å². The minimum atomic E-state index is -1.19. The molecule has 1 aliphatic rings. The highest BCUT2D eigenvalue weighted by atomic mass is 16.6. The van der Waals surface area contributed by atoms with E-state index in [-0.39, 0.29) is 24.0 Å². The van der Waals surface area contributed by atoms with E-state index in [0.717, 1.165) is 12.8 Å². The molecule has 28 heavy (non-hydrogen) atoms. The molecule has 0 saturated heterocycles. The van der Waals surface area contributed by atoms with Crippen molar-refractivity contribution in [2.75, 3.05) is 0 Å². The topological polar surface area (TPSA) is 122 Å². The number of aliphatic carboxylic acids is 1. The zero-order chi connectivity index (χ0) is 21.5. The number of rotatable bonds is 8. The van der Waals surface area contributed by atoms with E-state index in [9.17, 15) is 24.3 Å². The summed E-state index contributed by atoms with van der Waals surface area (Å²) < 4.78 is 5.20. The van der Waals surface area contributed by atoms with Crippen molar-refractivity contribution < 1.29 is 29.0 Å². The van der Waals surface area contributed by atoms with Crippen molar-refractivity contribution in [3.63, 3.8) is 0 Å². The van der Waals surface area contributed by atoms with Gasteiger partial charge in [-0.05, 0) is 52.4 Å². The molecule has 0 aromatic rings. The SMILES string of the molecule is CC(C)C[C@H](NC(=O)OC(C)(C)C)C(=O)N[C@@H](C[C@@H]1CCCCC1=O)C(=O)O. The average molecular weight is 399 g/mol. The maximum atomic E-state index is 12.7. The lowest BCUT2D eigenvalue weighted by Crippen LogP contribution is -2.53. The quantitative estimate of drug-likeness (QED) is 0.578. The third-order valence-corrected chi connectivity index (χ3v) is 4.53. The van der Waals surface area contributed by atoms with Gasteiger partial charge < -0.3 is 20.5 Å². The second kappa shape index (κ2) is 10.4. The van der Waals surface area contributed by atoms with Crippen molar-refractivity contribution in [3.8, 4) is 0 Å². The summed E-state index contributed by atoms with van der Waals surface area (Å²) in [6, 6.07) is -2.09. The molecule has 1 saturated carbocycles. The lowest BCUT2D eigenvalue weighted by atomic mass is 9.83. The van der Waals surface area contributed by atoms with Gasteiger partial charge in [-0.3, -0.25) is 9.59 Å². The fraction of sp³-hybridized carbons (Fsp3) is 0.800. The van der Waals surface area contributed by atoms with E-state index in [1.165, 1.54) is 0 Å². The van der Waals surface area contributed by atoms with Crippen molar-refractivity contribution in [1.82, 2.24) is 10.6 Å². The van der Waals surface area contributed by atoms with Gasteiger partial charge in [-0.2, -0.15) is 0 Å². The number of amides is 2. The van der Waals surface area contributed by atoms with Crippen LogP contribution in [0.4, 0.5) is 4.79 Å². The molecule has 0 radical (unpaired) electrons. The molecule has 0 aromatic heterocycles. The maximum absolute atomic E-state index is 12.7. The number of carboxylic acids is 1. The number of ketones is 1. The Morgan fingerprint density at radius 2 is 1.79 bits per heavy atom. The third-order valence-electron chi connectivity index (χ3n) is 4.53. The maximum Gasteiger partial charge on any atom is 0.408 e. The average Bonchev–Trinajstić information content (AvgIpc) is 2.53. The summed E-state index contributed by atoms with van der Waals surface area (Å²) in [5.74, 6) is -1.98. The van der Waals surface area contributed by atoms with Gasteiger partial charge in [-0.25, -0.2) is 9.59 Å². The van der Waals surface area contributed by atoms with E-state index >= 15 is 0 Å². The van der Waals surface area contributed by atoms with E-state index in [0.29, 0.717) is 19.3 Å². The lowest BCUT2D eigenvalue weighted by Gasteiger charge is -2.27. The van der Waals surface area contributed by atoms with Crippen LogP contribution >= 0.6 is 0 Å². The molecule has 3 atom stereocenters. The van der Waals surface area contributed by atoms with Gasteiger partial charge in [0.1, 0.15) is 23.5 Å². The number of hydrogen-bond donors (Lipinski definition) is 3. The van der Waals surface area contributed by atoms with E-state index in [2.05, 4.69) is 10.6 Å². The number of alkyl carbamates (subject to hydrolysis) is 1. The van der Waals surface area contributed by atoms with Crippen LogP contribution in [-0.4, -0.2) is 46.5 Å². The molecule has 0 unspecified atom stereocenters. The zero-order valence-corrected chi connectivity index (χ0v) is 17.5. The monoisotopic (exact) mass is 398 g/mol. The van der Waals surface area contributed by atoms with Crippen LogP contribution in [0.3, 0.4) is 0 Å². The molecule has 0 aromatic carbocycles. The normalized spacial score (nSPS) is 19.6. The molecular formula is C20H34N2O6. The van der Waals surface area contributed by atoms with E-state index in [1.54, 1.807) is 20.8 Å². The Balaban J connectivity index is 2.79. The Bertz CT molecular complexity index is 582. The van der Waals surface area contributed by atoms with Crippen LogP contribution in [0.5, 0.6) is 0 Å². The predicted molar refractivity (Wildman–Crippen MR) is 104 cm³/mol. The van der Waals surface area contributed by atoms with Crippen LogP contribution in [0.1, 0.15) is 73.1 Å². The van der Waals surface area contributed by atoms with Crippen LogP contribution < -0.4 is 10.6 Å². The van der Waals surface area contributed by atoms with Gasteiger partial charge in [0, 0.05) is 12.3 Å². The van der Waals surface area contributed by atoms with Crippen molar-refractivity contribution >= 4 is 23.8 Å². The molecule has 0 heterocycles. The van der Waals surface area contributed by atoms with E-state index in [1.807, 2.05) is 13.8 Å². The summed E-state index contributed by atoms with van der Waals surface area (Å²) in [6.45, 7) is 8.93. The second-order valence-electron chi connectivity index (χ2n) is 8.87. The molecule has 1 rings (SSSR count). The van der Waals surface area contributed by atoms with Gasteiger partial charge >= 0.3 is 12.1 Å². The Hall–Kier alpha value is -2.12. The molecule has 1 aliphatic carbocycles. The first-order chi connectivity index (χ1) is 12.9. The highest BCUT2D eigenvalue weighted by Gasteiger charge is 2.32. The lowest BCUT2D eigenvalue weighted by molar-refractivity contribution is -0.143. The Morgan fingerprint density at radius 1 is 1.14 bits per heavy atom. The van der Waals surface area contributed by atoms with E-state index in [4.69, 9.17) is 4.74 Å². The molecule has 8 nitrogen and oxygen atoms in total. The molecular weight excluding hydrogens is 364 g/mol. The van der Waals surface area contributed by atoms with Crippen molar-refractivity contribution in [1.29, 1.82) is 0 Å². The Kier molecular flexibility index (Phi) is 8.91. The van der Waals surface area contributed by atoms with Gasteiger partial charge in [0.15, 0.2) is 0 Å². The highest BCUT2D eigenvalue weighted by Crippen LogP contribution is 2.24. The van der Waals surface area contributed by atoms with Crippen molar-refractivity contribution in [2.45, 2.75) is 90.8 Å². The Morgan fingerprint density at radius 3 is 2.29 bits per heavy atom. The second-order valence-corrected chi connectivity index (χ2v) is 8.87. The summed E-state index contributed by atoms with van der Waals surface area (Å²) in [6.07, 6.45) is 2.48. The summed E-state index contributed by atoms with van der Waals surface area (Å²) in [5, 5.41) is 14.5. The summed E-state index contributed by atoms with van der Waals surface area (Å²) in [7, 11) is 0. The largest absolute Gasteiger partial charge is 0.480 e. The smallest absolute Gasteiger partial charge is 0.408 e. The zero-order valence-electron chi connectivity index (χ0n) is 17.5. The first-order valence-corrected chi connectivity index (χ1v) is 9.94. The third kappa shape index (κ3) is 8.71. The van der Waals surface area contributed by atoms with Gasteiger partial charge in [-0.15, -0.1) is 0 Å². The number of carbonyl (C=O) groups is 4. The molecule has 1 fully saturated rings. The number of carbonyl (C=O) groups excluding carboxylic acids is 3. The minimum absolute atomic E-state index is 0.0531. The molecule has 0 spiro atoms. The first-order valence-electron chi connectivity index (χ1n) is 9.94. The van der Waals surface area contributed by atoms with Crippen LogP contribution in [-0.2, 0) is 19.1 Å². The highest BCUT2D eigenvalue weighted by molar-refractivity contribution is 5.90. The summed E-state index contributed by atoms with van der Waals surface area (Å²) >= 11 is 0. The summed E-state index contributed by atoms with van der Waals surface area (Å²) in [4.78, 5) is 48.4. The van der Waals surface area contributed by atoms with Crippen LogP contribution in [0.25, 0.3) is 0 Å². The van der Waals surface area contributed by atoms with Gasteiger partial charge in [0.25, 0.3) is 0 Å². The molecule has 8 heteroatoms. The first kappa shape index (κ1) is 23.9.